The van der Waals surface area contributed by atoms with Crippen molar-refractivity contribution in [3.8, 4) is 0 Å². The first kappa shape index (κ1) is 21.1. The van der Waals surface area contributed by atoms with Crippen LogP contribution in [0.5, 0.6) is 0 Å². The zero-order valence-electron chi connectivity index (χ0n) is 14.9. The lowest BCUT2D eigenvalue weighted by Crippen LogP contribution is -2.32. The molecule has 2 rings (SSSR count). The van der Waals surface area contributed by atoms with Gasteiger partial charge in [-0.05, 0) is 48.5 Å². The zero-order chi connectivity index (χ0) is 20.5. The van der Waals surface area contributed by atoms with Crippen LogP contribution in [-0.2, 0) is 19.1 Å². The molecule has 0 spiro atoms. The van der Waals surface area contributed by atoms with E-state index in [4.69, 9.17) is 4.74 Å². The minimum atomic E-state index is -0.748. The summed E-state index contributed by atoms with van der Waals surface area (Å²) in [5.74, 6) is -2.23. The molecule has 0 heterocycles. The molecule has 0 aliphatic rings. The van der Waals surface area contributed by atoms with Gasteiger partial charge in [0.25, 0.3) is 11.8 Å². The van der Waals surface area contributed by atoms with E-state index in [1.54, 1.807) is 24.3 Å². The fourth-order valence-electron chi connectivity index (χ4n) is 2.06. The Morgan fingerprint density at radius 3 is 2.14 bits per heavy atom. The average Bonchev–Trinajstić information content (AvgIpc) is 2.71. The molecule has 0 atom stereocenters. The summed E-state index contributed by atoms with van der Waals surface area (Å²) in [6.45, 7) is -0.873. The Bertz CT molecular complexity index is 865. The molecular formula is C19H17BrN2O6. The first-order chi connectivity index (χ1) is 13.4. The number of halogens is 1. The van der Waals surface area contributed by atoms with Gasteiger partial charge >= 0.3 is 11.9 Å². The van der Waals surface area contributed by atoms with Gasteiger partial charge in [0.05, 0.1) is 12.7 Å². The molecule has 0 aliphatic carbocycles. The molecule has 2 aromatic rings. The van der Waals surface area contributed by atoms with E-state index in [1.807, 2.05) is 0 Å². The summed E-state index contributed by atoms with van der Waals surface area (Å²) in [6.07, 6.45) is 0. The van der Waals surface area contributed by atoms with Crippen LogP contribution in [0, 0.1) is 0 Å². The first-order valence-corrected chi connectivity index (χ1v) is 8.86. The summed E-state index contributed by atoms with van der Waals surface area (Å²) >= 11 is 3.26. The summed E-state index contributed by atoms with van der Waals surface area (Å²) in [5.41, 5.74) is 1.16. The molecule has 2 aromatic carbocycles. The van der Waals surface area contributed by atoms with Crippen LogP contribution < -0.4 is 10.6 Å². The molecule has 0 radical (unpaired) electrons. The number of hydrogen-bond donors (Lipinski definition) is 2. The second-order valence-electron chi connectivity index (χ2n) is 5.47. The second kappa shape index (κ2) is 10.2. The lowest BCUT2D eigenvalue weighted by molar-refractivity contribution is -0.146. The topological polar surface area (TPSA) is 111 Å². The smallest absolute Gasteiger partial charge is 0.337 e. The van der Waals surface area contributed by atoms with Gasteiger partial charge in [-0.2, -0.15) is 0 Å². The van der Waals surface area contributed by atoms with Gasteiger partial charge in [0, 0.05) is 15.7 Å². The number of amides is 2. The number of anilines is 1. The Labute approximate surface area is 169 Å². The quantitative estimate of drug-likeness (QED) is 0.627. The lowest BCUT2D eigenvalue weighted by atomic mass is 10.2. The summed E-state index contributed by atoms with van der Waals surface area (Å²) < 4.78 is 10.2. The number of benzene rings is 2. The molecule has 0 bridgehead atoms. The van der Waals surface area contributed by atoms with Crippen molar-refractivity contribution in [2.45, 2.75) is 0 Å². The van der Waals surface area contributed by atoms with Crippen molar-refractivity contribution in [3.63, 3.8) is 0 Å². The number of methoxy groups -OCH3 is 1. The molecule has 146 valence electrons. The number of carbonyl (C=O) groups is 4. The van der Waals surface area contributed by atoms with Crippen LogP contribution in [0.3, 0.4) is 0 Å². The normalized spacial score (nSPS) is 9.93. The molecule has 0 fully saturated rings. The standard InChI is InChI=1S/C19H17BrN2O6/c1-27-19(26)13-4-8-15(9-5-13)22-16(23)11-28-17(24)10-21-18(25)12-2-6-14(20)7-3-12/h2-9H,10-11H2,1H3,(H,21,25)(H,22,23). The maximum Gasteiger partial charge on any atom is 0.337 e. The maximum absolute atomic E-state index is 11.9. The zero-order valence-corrected chi connectivity index (χ0v) is 16.4. The van der Waals surface area contributed by atoms with Crippen molar-refractivity contribution in [1.82, 2.24) is 5.32 Å². The lowest BCUT2D eigenvalue weighted by Gasteiger charge is -2.08. The summed E-state index contributed by atoms with van der Waals surface area (Å²) in [6, 6.07) is 12.6. The first-order valence-electron chi connectivity index (χ1n) is 8.06. The summed E-state index contributed by atoms with van der Waals surface area (Å²) in [7, 11) is 1.27. The maximum atomic E-state index is 11.9. The van der Waals surface area contributed by atoms with Crippen LogP contribution in [0.2, 0.25) is 0 Å². The summed E-state index contributed by atoms with van der Waals surface area (Å²) in [4.78, 5) is 46.7. The minimum absolute atomic E-state index is 0.341. The number of ether oxygens (including phenoxy) is 2. The van der Waals surface area contributed by atoms with Crippen LogP contribution in [0.4, 0.5) is 5.69 Å². The van der Waals surface area contributed by atoms with Crippen LogP contribution in [0.15, 0.2) is 53.0 Å². The second-order valence-corrected chi connectivity index (χ2v) is 6.38. The van der Waals surface area contributed by atoms with Gasteiger partial charge < -0.3 is 20.1 Å². The Morgan fingerprint density at radius 2 is 1.54 bits per heavy atom. The van der Waals surface area contributed by atoms with Gasteiger partial charge in [0.1, 0.15) is 6.54 Å². The van der Waals surface area contributed by atoms with E-state index >= 15 is 0 Å². The minimum Gasteiger partial charge on any atom is -0.465 e. The highest BCUT2D eigenvalue weighted by Crippen LogP contribution is 2.11. The SMILES string of the molecule is COC(=O)c1ccc(NC(=O)COC(=O)CNC(=O)c2ccc(Br)cc2)cc1. The Morgan fingerprint density at radius 1 is 0.929 bits per heavy atom. The number of nitrogens with one attached hydrogen (secondary N) is 2. The van der Waals surface area contributed by atoms with E-state index in [-0.39, 0.29) is 6.54 Å². The van der Waals surface area contributed by atoms with Crippen LogP contribution >= 0.6 is 15.9 Å². The van der Waals surface area contributed by atoms with E-state index in [2.05, 4.69) is 31.3 Å². The monoisotopic (exact) mass is 448 g/mol. The molecule has 2 N–H and O–H groups in total. The Hall–Kier alpha value is -3.20. The highest BCUT2D eigenvalue weighted by Gasteiger charge is 2.11. The molecule has 0 saturated carbocycles. The van der Waals surface area contributed by atoms with Crippen molar-refractivity contribution < 1.29 is 28.7 Å². The van der Waals surface area contributed by atoms with E-state index in [9.17, 15) is 19.2 Å². The average molecular weight is 449 g/mol. The van der Waals surface area contributed by atoms with Gasteiger partial charge in [-0.1, -0.05) is 15.9 Å². The summed E-state index contributed by atoms with van der Waals surface area (Å²) in [5, 5.41) is 4.93. The number of carbonyl (C=O) groups excluding carboxylic acids is 4. The predicted octanol–water partition coefficient (Wildman–Crippen LogP) is 2.15. The van der Waals surface area contributed by atoms with E-state index < -0.39 is 30.4 Å². The van der Waals surface area contributed by atoms with E-state index in [0.29, 0.717) is 16.8 Å². The van der Waals surface area contributed by atoms with Crippen molar-refractivity contribution in [3.05, 3.63) is 64.1 Å². The predicted molar refractivity (Wildman–Crippen MR) is 104 cm³/mol. The van der Waals surface area contributed by atoms with Crippen LogP contribution in [-0.4, -0.2) is 44.0 Å². The third kappa shape index (κ3) is 6.51. The van der Waals surface area contributed by atoms with Crippen molar-refractivity contribution in [2.24, 2.45) is 0 Å². The highest BCUT2D eigenvalue weighted by atomic mass is 79.9. The fraction of sp³-hybridized carbons (Fsp3) is 0.158. The van der Waals surface area contributed by atoms with E-state index in [1.165, 1.54) is 31.4 Å². The third-order valence-electron chi connectivity index (χ3n) is 3.45. The largest absolute Gasteiger partial charge is 0.465 e. The van der Waals surface area contributed by atoms with Gasteiger partial charge in [-0.3, -0.25) is 14.4 Å². The molecule has 0 saturated heterocycles. The molecule has 0 aliphatic heterocycles. The third-order valence-corrected chi connectivity index (χ3v) is 3.98. The molecule has 9 heteroatoms. The number of hydrogen-bond acceptors (Lipinski definition) is 6. The molecule has 28 heavy (non-hydrogen) atoms. The Balaban J connectivity index is 1.73. The number of rotatable bonds is 7. The van der Waals surface area contributed by atoms with E-state index in [0.717, 1.165) is 4.47 Å². The van der Waals surface area contributed by atoms with Gasteiger partial charge in [0.2, 0.25) is 0 Å². The van der Waals surface area contributed by atoms with Crippen molar-refractivity contribution in [1.29, 1.82) is 0 Å². The molecule has 0 unspecified atom stereocenters. The number of esters is 2. The molecular weight excluding hydrogens is 432 g/mol. The molecule has 2 amide bonds. The van der Waals surface area contributed by atoms with Crippen LogP contribution in [0.25, 0.3) is 0 Å². The van der Waals surface area contributed by atoms with Crippen molar-refractivity contribution >= 4 is 45.4 Å². The molecule has 8 nitrogen and oxygen atoms in total. The van der Waals surface area contributed by atoms with Gasteiger partial charge in [0.15, 0.2) is 6.61 Å². The fourth-order valence-corrected chi connectivity index (χ4v) is 2.32. The van der Waals surface area contributed by atoms with Crippen LogP contribution in [0.1, 0.15) is 20.7 Å². The van der Waals surface area contributed by atoms with Crippen molar-refractivity contribution in [2.75, 3.05) is 25.6 Å². The van der Waals surface area contributed by atoms with Gasteiger partial charge in [-0.15, -0.1) is 0 Å². The Kier molecular flexibility index (Phi) is 7.70. The van der Waals surface area contributed by atoms with Gasteiger partial charge in [-0.25, -0.2) is 4.79 Å². The highest BCUT2D eigenvalue weighted by molar-refractivity contribution is 9.10. The molecule has 0 aromatic heterocycles.